The molecule has 0 unspecified atom stereocenters. The largest absolute Gasteiger partial charge is 0.457 e. The topological polar surface area (TPSA) is 36.9 Å². The summed E-state index contributed by atoms with van der Waals surface area (Å²) < 4.78 is 27.0. The predicted octanol–water partition coefficient (Wildman–Crippen LogP) is 22.4. The molecular weight excluding hydrogens is 977 g/mol. The number of para-hydroxylation sites is 1. The molecule has 0 N–H and O–H groups in total. The maximum Gasteiger partial charge on any atom is 0.131 e. The highest BCUT2D eigenvalue weighted by atomic mass is 16.5. The number of ether oxygens (including phenoxy) is 4. The lowest BCUT2D eigenvalue weighted by Gasteiger charge is -2.23. The van der Waals surface area contributed by atoms with E-state index in [9.17, 15) is 0 Å². The Kier molecular flexibility index (Phi) is 13.3. The van der Waals surface area contributed by atoms with Crippen LogP contribution < -0.4 is 18.9 Å². The van der Waals surface area contributed by atoms with Crippen LogP contribution in [0.1, 0.15) is 79.0 Å². The third-order valence-corrected chi connectivity index (χ3v) is 15.3. The molecular formula is C76H66O4. The monoisotopic (exact) mass is 1040 g/mol. The molecule has 4 heteroatoms. The van der Waals surface area contributed by atoms with Crippen LogP contribution in [0, 0.1) is 0 Å². The Balaban J connectivity index is 1.05. The summed E-state index contributed by atoms with van der Waals surface area (Å²) in [5, 5.41) is 9.03. The Bertz CT molecular complexity index is 4060. The van der Waals surface area contributed by atoms with Gasteiger partial charge in [-0.05, 0) is 182 Å². The van der Waals surface area contributed by atoms with Gasteiger partial charge >= 0.3 is 0 Å². The van der Waals surface area contributed by atoms with Crippen LogP contribution in [0.15, 0.2) is 237 Å². The smallest absolute Gasteiger partial charge is 0.131 e. The number of benzene rings is 12. The molecule has 12 aromatic rings. The van der Waals surface area contributed by atoms with Gasteiger partial charge < -0.3 is 18.9 Å². The highest BCUT2D eigenvalue weighted by Crippen LogP contribution is 2.52. The van der Waals surface area contributed by atoms with E-state index in [-0.39, 0.29) is 16.2 Å². The fourth-order valence-corrected chi connectivity index (χ4v) is 11.2. The van der Waals surface area contributed by atoms with Crippen molar-refractivity contribution in [3.05, 3.63) is 253 Å². The molecule has 0 aliphatic rings. The molecule has 0 atom stereocenters. The molecule has 0 radical (unpaired) electrons. The van der Waals surface area contributed by atoms with Crippen LogP contribution >= 0.6 is 0 Å². The molecule has 0 aliphatic heterocycles. The van der Waals surface area contributed by atoms with E-state index in [4.69, 9.17) is 18.9 Å². The number of hydrogen-bond acceptors (Lipinski definition) is 4. The van der Waals surface area contributed by atoms with Crippen molar-refractivity contribution in [2.75, 3.05) is 0 Å². The van der Waals surface area contributed by atoms with Gasteiger partial charge in [0.2, 0.25) is 0 Å². The van der Waals surface area contributed by atoms with Crippen LogP contribution in [0.2, 0.25) is 0 Å². The van der Waals surface area contributed by atoms with Crippen LogP contribution in [0.5, 0.6) is 46.0 Å². The van der Waals surface area contributed by atoms with Crippen molar-refractivity contribution in [2.24, 2.45) is 0 Å². The van der Waals surface area contributed by atoms with Gasteiger partial charge in [-0.3, -0.25) is 0 Å². The van der Waals surface area contributed by atoms with Crippen LogP contribution in [0.25, 0.3) is 76.5 Å². The lowest BCUT2D eigenvalue weighted by atomic mass is 9.81. The van der Waals surface area contributed by atoms with E-state index in [2.05, 4.69) is 256 Å². The zero-order chi connectivity index (χ0) is 55.3. The molecule has 0 fully saturated rings. The summed E-state index contributed by atoms with van der Waals surface area (Å²) in [5.74, 6) is 5.75. The van der Waals surface area contributed by atoms with E-state index < -0.39 is 0 Å². The average Bonchev–Trinajstić information content (AvgIpc) is 3.59. The van der Waals surface area contributed by atoms with Crippen LogP contribution in [-0.4, -0.2) is 0 Å². The normalized spacial score (nSPS) is 12.1. The van der Waals surface area contributed by atoms with E-state index in [1.807, 2.05) is 42.5 Å². The number of rotatable bonds is 11. The first kappa shape index (κ1) is 51.6. The summed E-state index contributed by atoms with van der Waals surface area (Å²) in [6, 6.07) is 83.3. The molecule has 0 heterocycles. The van der Waals surface area contributed by atoms with E-state index >= 15 is 0 Å². The van der Waals surface area contributed by atoms with Gasteiger partial charge in [0.15, 0.2) is 0 Å². The van der Waals surface area contributed by atoms with Crippen molar-refractivity contribution in [3.8, 4) is 79.4 Å². The molecule has 0 saturated heterocycles. The Hall–Kier alpha value is -9.12. The third kappa shape index (κ3) is 10.4. The molecule has 0 amide bonds. The second-order valence-electron chi connectivity index (χ2n) is 24.1. The second kappa shape index (κ2) is 20.6. The molecule has 0 aromatic heterocycles. The lowest BCUT2D eigenvalue weighted by Crippen LogP contribution is -2.10. The minimum atomic E-state index is 0.0144. The summed E-state index contributed by atoms with van der Waals surface area (Å²) in [6.07, 6.45) is 0. The summed E-state index contributed by atoms with van der Waals surface area (Å²) in [5.41, 5.74) is 10.3. The highest BCUT2D eigenvalue weighted by Gasteiger charge is 2.25. The molecule has 4 nitrogen and oxygen atoms in total. The van der Waals surface area contributed by atoms with Crippen LogP contribution in [-0.2, 0) is 16.2 Å². The Labute approximate surface area is 470 Å². The summed E-state index contributed by atoms with van der Waals surface area (Å²) in [4.78, 5) is 0. The maximum absolute atomic E-state index is 6.81. The summed E-state index contributed by atoms with van der Waals surface area (Å²) in [7, 11) is 0. The summed E-state index contributed by atoms with van der Waals surface area (Å²) in [6.45, 7) is 20.1. The quantitative estimate of drug-likeness (QED) is 0.121. The van der Waals surface area contributed by atoms with E-state index in [1.54, 1.807) is 0 Å². The molecule has 12 aromatic carbocycles. The Morgan fingerprint density at radius 3 is 0.650 bits per heavy atom. The van der Waals surface area contributed by atoms with Gasteiger partial charge in [0, 0.05) is 12.1 Å². The lowest BCUT2D eigenvalue weighted by molar-refractivity contribution is 0.459. The minimum Gasteiger partial charge on any atom is -0.457 e. The van der Waals surface area contributed by atoms with E-state index in [0.29, 0.717) is 23.0 Å². The van der Waals surface area contributed by atoms with Crippen molar-refractivity contribution in [2.45, 2.75) is 78.6 Å². The van der Waals surface area contributed by atoms with Crippen LogP contribution in [0.3, 0.4) is 0 Å². The fraction of sp³-hybridized carbons (Fsp3) is 0.158. The zero-order valence-corrected chi connectivity index (χ0v) is 47.1. The van der Waals surface area contributed by atoms with Crippen molar-refractivity contribution in [1.29, 1.82) is 0 Å². The molecule has 0 aliphatic carbocycles. The number of hydrogen-bond donors (Lipinski definition) is 0. The van der Waals surface area contributed by atoms with Gasteiger partial charge in [0.1, 0.15) is 46.0 Å². The summed E-state index contributed by atoms with van der Waals surface area (Å²) >= 11 is 0. The third-order valence-electron chi connectivity index (χ3n) is 15.3. The maximum atomic E-state index is 6.81. The Morgan fingerprint density at radius 2 is 0.412 bits per heavy atom. The van der Waals surface area contributed by atoms with Crippen LogP contribution in [0.4, 0.5) is 0 Å². The molecule has 80 heavy (non-hydrogen) atoms. The first-order valence-electron chi connectivity index (χ1n) is 27.8. The van der Waals surface area contributed by atoms with Gasteiger partial charge in [-0.1, -0.05) is 214 Å². The number of fused-ring (bicyclic) bond motifs is 4. The SMILES string of the molecule is CC(C)(C)c1ccc(Oc2cc(Oc3ccccc3)cc(-c3c4ccccc4c(-c4c5ccccc5c(-c5cc(Oc6ccc(C(C)(C)C)cc6)cc(Oc6ccc(C(C)(C)C)cc6)c5)c5ccccc45)c4ccccc34)c2)cc1. The van der Waals surface area contributed by atoms with Crippen molar-refractivity contribution in [1.82, 2.24) is 0 Å². The average molecular weight is 1040 g/mol. The second-order valence-corrected chi connectivity index (χ2v) is 24.1. The van der Waals surface area contributed by atoms with Gasteiger partial charge in [0.05, 0.1) is 0 Å². The fourth-order valence-electron chi connectivity index (χ4n) is 11.2. The molecule has 0 spiro atoms. The Morgan fingerprint density at radius 1 is 0.200 bits per heavy atom. The zero-order valence-electron chi connectivity index (χ0n) is 47.1. The molecule has 0 saturated carbocycles. The van der Waals surface area contributed by atoms with Gasteiger partial charge in [-0.2, -0.15) is 0 Å². The van der Waals surface area contributed by atoms with Crippen molar-refractivity contribution in [3.63, 3.8) is 0 Å². The molecule has 0 bridgehead atoms. The molecule has 394 valence electrons. The van der Waals surface area contributed by atoms with E-state index in [0.717, 1.165) is 88.3 Å². The van der Waals surface area contributed by atoms with Crippen molar-refractivity contribution < 1.29 is 18.9 Å². The van der Waals surface area contributed by atoms with Gasteiger partial charge in [-0.15, -0.1) is 0 Å². The van der Waals surface area contributed by atoms with Gasteiger partial charge in [0.25, 0.3) is 0 Å². The molecule has 12 rings (SSSR count). The van der Waals surface area contributed by atoms with Crippen molar-refractivity contribution >= 4 is 43.1 Å². The van der Waals surface area contributed by atoms with Gasteiger partial charge in [-0.25, -0.2) is 0 Å². The standard InChI is InChI=1S/C76H66O4/c1-74(2,3)51-31-37-55(38-32-51)78-59-44-49(43-58(47-59)77-54-21-11-10-12-22-54)70-62-23-13-17-27-66(62)72(67-28-18-14-24-63(67)70)73-68-29-19-15-25-64(68)71(65-26-16-20-30-69(65)73)50-45-60(79-56-39-33-52(34-40-56)75(4,5)6)48-61(46-50)80-57-41-35-53(36-42-57)76(7,8)9/h10-48H,1-9H3. The predicted molar refractivity (Wildman–Crippen MR) is 335 cm³/mol. The first-order chi connectivity index (χ1) is 38.5. The highest BCUT2D eigenvalue weighted by molar-refractivity contribution is 6.30. The first-order valence-corrected chi connectivity index (χ1v) is 27.8. The minimum absolute atomic E-state index is 0.0144. The van der Waals surface area contributed by atoms with E-state index in [1.165, 1.54) is 27.8 Å².